The van der Waals surface area contributed by atoms with Crippen molar-refractivity contribution in [2.45, 2.75) is 39.5 Å². The molecule has 2 rings (SSSR count). The number of carboxylic acid groups (broad SMARTS) is 1. The first-order chi connectivity index (χ1) is 9.56. The lowest BCUT2D eigenvalue weighted by Crippen LogP contribution is -2.42. The van der Waals surface area contributed by atoms with Gasteiger partial charge in [-0.25, -0.2) is 0 Å². The fraction of sp³-hybridized carbons (Fsp3) is 0.600. The van der Waals surface area contributed by atoms with Crippen molar-refractivity contribution in [3.8, 4) is 0 Å². The van der Waals surface area contributed by atoms with Crippen LogP contribution in [-0.2, 0) is 17.6 Å². The van der Waals surface area contributed by atoms with Gasteiger partial charge in [0.05, 0.1) is 5.92 Å². The van der Waals surface area contributed by atoms with Gasteiger partial charge >= 0.3 is 5.97 Å². The van der Waals surface area contributed by atoms with Crippen LogP contribution in [0.5, 0.6) is 0 Å². The minimum atomic E-state index is -0.828. The maximum Gasteiger partial charge on any atom is 0.308 e. The third kappa shape index (κ3) is 2.86. The van der Waals surface area contributed by atoms with E-state index in [1.165, 1.54) is 0 Å². The van der Waals surface area contributed by atoms with E-state index in [-0.39, 0.29) is 12.5 Å². The summed E-state index contributed by atoms with van der Waals surface area (Å²) in [6, 6.07) is 1.80. The van der Waals surface area contributed by atoms with Crippen LogP contribution in [0.4, 0.5) is 0 Å². The van der Waals surface area contributed by atoms with Crippen LogP contribution in [-0.4, -0.2) is 35.0 Å². The van der Waals surface area contributed by atoms with E-state index in [0.29, 0.717) is 18.7 Å². The molecular formula is C15H21NO4. The molecule has 1 saturated heterocycles. The minimum absolute atomic E-state index is 0.189. The van der Waals surface area contributed by atoms with Crippen LogP contribution in [0.3, 0.4) is 0 Å². The molecule has 0 aromatic carbocycles. The summed E-state index contributed by atoms with van der Waals surface area (Å²) in [4.78, 5) is 25.1. The number of carbonyl (C=O) groups is 2. The fourth-order valence-corrected chi connectivity index (χ4v) is 2.69. The molecule has 5 nitrogen and oxygen atoms in total. The maximum absolute atomic E-state index is 12.4. The van der Waals surface area contributed by atoms with Crippen LogP contribution in [0.1, 0.15) is 48.6 Å². The molecule has 5 heteroatoms. The van der Waals surface area contributed by atoms with Crippen molar-refractivity contribution in [2.75, 3.05) is 13.1 Å². The number of aryl methyl sites for hydroxylation is 2. The van der Waals surface area contributed by atoms with Crippen LogP contribution < -0.4 is 0 Å². The Hall–Kier alpha value is -1.78. The van der Waals surface area contributed by atoms with Crippen LogP contribution in [0, 0.1) is 5.92 Å². The number of nitrogens with zero attached hydrogens (tertiary/aromatic N) is 1. The molecule has 0 radical (unpaired) electrons. The topological polar surface area (TPSA) is 70.8 Å². The molecule has 0 bridgehead atoms. The first-order valence-electron chi connectivity index (χ1n) is 7.20. The summed E-state index contributed by atoms with van der Waals surface area (Å²) in [6.07, 6.45) is 2.95. The highest BCUT2D eigenvalue weighted by Crippen LogP contribution is 2.22. The quantitative estimate of drug-likeness (QED) is 0.918. The number of likely N-dealkylation sites (tertiary alicyclic amines) is 1. The van der Waals surface area contributed by atoms with Gasteiger partial charge in [-0.05, 0) is 30.9 Å². The average Bonchev–Trinajstić information content (AvgIpc) is 2.89. The normalized spacial score (nSPS) is 19.1. The number of hydrogen-bond donors (Lipinski definition) is 1. The van der Waals surface area contributed by atoms with Crippen molar-refractivity contribution in [3.63, 3.8) is 0 Å². The van der Waals surface area contributed by atoms with Crippen LogP contribution in [0.15, 0.2) is 10.5 Å². The van der Waals surface area contributed by atoms with Gasteiger partial charge in [-0.3, -0.25) is 9.59 Å². The van der Waals surface area contributed by atoms with E-state index < -0.39 is 11.9 Å². The number of furan rings is 1. The second kappa shape index (κ2) is 6.11. The van der Waals surface area contributed by atoms with E-state index in [9.17, 15) is 9.59 Å². The molecule has 1 aromatic heterocycles. The van der Waals surface area contributed by atoms with E-state index in [0.717, 1.165) is 30.6 Å². The van der Waals surface area contributed by atoms with E-state index in [1.807, 2.05) is 13.8 Å². The zero-order valence-electron chi connectivity index (χ0n) is 12.0. The Kier molecular flexibility index (Phi) is 4.47. The Bertz CT molecular complexity index is 484. The molecule has 1 fully saturated rings. The number of carbonyl (C=O) groups excluding carboxylic acids is 1. The number of rotatable bonds is 4. The summed E-state index contributed by atoms with van der Waals surface area (Å²) >= 11 is 0. The maximum atomic E-state index is 12.4. The highest BCUT2D eigenvalue weighted by molar-refractivity contribution is 5.92. The highest BCUT2D eigenvalue weighted by Gasteiger charge is 2.30. The Morgan fingerprint density at radius 2 is 2.15 bits per heavy atom. The van der Waals surface area contributed by atoms with Crippen LogP contribution >= 0.6 is 0 Å². The van der Waals surface area contributed by atoms with Crippen molar-refractivity contribution >= 4 is 11.9 Å². The number of amides is 1. The molecule has 1 aliphatic heterocycles. The summed E-state index contributed by atoms with van der Waals surface area (Å²) in [5.41, 5.74) is 1.06. The van der Waals surface area contributed by atoms with Gasteiger partial charge in [-0.15, -0.1) is 0 Å². The van der Waals surface area contributed by atoms with Crippen molar-refractivity contribution in [1.29, 1.82) is 0 Å². The molecule has 1 unspecified atom stereocenters. The summed E-state index contributed by atoms with van der Waals surface area (Å²) in [6.45, 7) is 4.90. The van der Waals surface area contributed by atoms with E-state index in [2.05, 4.69) is 0 Å². The lowest BCUT2D eigenvalue weighted by atomic mass is 9.98. The smallest absolute Gasteiger partial charge is 0.308 e. The Balaban J connectivity index is 2.14. The van der Waals surface area contributed by atoms with Crippen LogP contribution in [0.25, 0.3) is 0 Å². The predicted molar refractivity (Wildman–Crippen MR) is 73.7 cm³/mol. The van der Waals surface area contributed by atoms with E-state index in [1.54, 1.807) is 11.0 Å². The standard InChI is InChI=1S/C15H21NO4/c1-3-10-8-13(20-12(10)4-2)14(17)16-7-5-6-11(9-16)15(18)19/h8,11H,3-7,9H2,1-2H3,(H,18,19). The van der Waals surface area contributed by atoms with E-state index >= 15 is 0 Å². The van der Waals surface area contributed by atoms with Gasteiger partial charge < -0.3 is 14.4 Å². The lowest BCUT2D eigenvalue weighted by Gasteiger charge is -2.29. The molecule has 0 aliphatic carbocycles. The Labute approximate surface area is 118 Å². The molecular weight excluding hydrogens is 258 g/mol. The fourth-order valence-electron chi connectivity index (χ4n) is 2.69. The monoisotopic (exact) mass is 279 g/mol. The molecule has 110 valence electrons. The molecule has 1 amide bonds. The molecule has 1 N–H and O–H groups in total. The molecule has 1 aliphatic rings. The summed E-state index contributed by atoms with van der Waals surface area (Å²) in [5, 5.41) is 9.07. The lowest BCUT2D eigenvalue weighted by molar-refractivity contribution is -0.143. The number of piperidine rings is 1. The van der Waals surface area contributed by atoms with Crippen molar-refractivity contribution in [2.24, 2.45) is 5.92 Å². The van der Waals surface area contributed by atoms with Gasteiger partial charge in [0, 0.05) is 19.5 Å². The zero-order chi connectivity index (χ0) is 14.7. The Morgan fingerprint density at radius 3 is 2.70 bits per heavy atom. The minimum Gasteiger partial charge on any atom is -0.481 e. The van der Waals surface area contributed by atoms with Crippen molar-refractivity contribution in [1.82, 2.24) is 4.90 Å². The second-order valence-corrected chi connectivity index (χ2v) is 5.19. The van der Waals surface area contributed by atoms with Gasteiger partial charge in [0.1, 0.15) is 5.76 Å². The van der Waals surface area contributed by atoms with Crippen LogP contribution in [0.2, 0.25) is 0 Å². The molecule has 2 heterocycles. The summed E-state index contributed by atoms with van der Waals surface area (Å²) < 4.78 is 5.63. The van der Waals surface area contributed by atoms with Gasteiger partial charge in [-0.2, -0.15) is 0 Å². The number of carboxylic acids is 1. The third-order valence-electron chi connectivity index (χ3n) is 3.87. The summed E-state index contributed by atoms with van der Waals surface area (Å²) in [5.74, 6) is -0.290. The van der Waals surface area contributed by atoms with E-state index in [4.69, 9.17) is 9.52 Å². The van der Waals surface area contributed by atoms with Gasteiger partial charge in [0.2, 0.25) is 0 Å². The average molecular weight is 279 g/mol. The summed E-state index contributed by atoms with van der Waals surface area (Å²) in [7, 11) is 0. The molecule has 0 spiro atoms. The first kappa shape index (κ1) is 14.6. The Morgan fingerprint density at radius 1 is 1.40 bits per heavy atom. The number of hydrogen-bond acceptors (Lipinski definition) is 3. The highest BCUT2D eigenvalue weighted by atomic mass is 16.4. The van der Waals surface area contributed by atoms with Gasteiger partial charge in [0.15, 0.2) is 5.76 Å². The molecule has 20 heavy (non-hydrogen) atoms. The van der Waals surface area contributed by atoms with Gasteiger partial charge in [0.25, 0.3) is 5.91 Å². The largest absolute Gasteiger partial charge is 0.481 e. The SMILES string of the molecule is CCc1cc(C(=O)N2CCCC(C(=O)O)C2)oc1CC. The second-order valence-electron chi connectivity index (χ2n) is 5.19. The van der Waals surface area contributed by atoms with Crippen molar-refractivity contribution < 1.29 is 19.1 Å². The van der Waals surface area contributed by atoms with Crippen molar-refractivity contribution in [3.05, 3.63) is 23.2 Å². The zero-order valence-corrected chi connectivity index (χ0v) is 12.0. The van der Waals surface area contributed by atoms with Gasteiger partial charge in [-0.1, -0.05) is 13.8 Å². The molecule has 0 saturated carbocycles. The first-order valence-corrected chi connectivity index (χ1v) is 7.20. The number of aliphatic carboxylic acids is 1. The molecule has 1 atom stereocenters. The third-order valence-corrected chi connectivity index (χ3v) is 3.87. The molecule has 1 aromatic rings. The predicted octanol–water partition coefficient (Wildman–Crippen LogP) is 2.34.